The number of carbonyl (C=O) groups excluding carboxylic acids is 2. The molecule has 13 heteroatoms. The number of thiazole rings is 1. The molecule has 3 heterocycles. The Hall–Kier alpha value is -3.64. The molecule has 1 fully saturated rings. The lowest BCUT2D eigenvalue weighted by Crippen LogP contribution is -2.38. The molecule has 1 N–H and O–H groups in total. The van der Waals surface area contributed by atoms with Gasteiger partial charge in [-0.15, -0.1) is 11.3 Å². The van der Waals surface area contributed by atoms with E-state index in [1.165, 1.54) is 23.6 Å². The molecule has 0 bridgehead atoms. The Morgan fingerprint density at radius 1 is 1.12 bits per heavy atom. The minimum Gasteiger partial charge on any atom is -0.463 e. The first-order chi connectivity index (χ1) is 19.8. The van der Waals surface area contributed by atoms with E-state index in [4.69, 9.17) is 26.1 Å². The van der Waals surface area contributed by atoms with Crippen LogP contribution in [0, 0.1) is 17.6 Å². The van der Waals surface area contributed by atoms with Crippen LogP contribution in [0.2, 0.25) is 5.02 Å². The Balaban J connectivity index is 1.50. The molecule has 1 unspecified atom stereocenters. The number of hydrogen-bond acceptors (Lipinski definition) is 9. The third-order valence-corrected chi connectivity index (χ3v) is 8.32. The number of carbonyl (C=O) groups is 2. The summed E-state index contributed by atoms with van der Waals surface area (Å²) in [7, 11) is 0. The largest absolute Gasteiger partial charge is 0.463 e. The van der Waals surface area contributed by atoms with Gasteiger partial charge in [-0.25, -0.2) is 23.4 Å². The molecular formula is C28H28ClF2N5O4S. The Morgan fingerprint density at radius 3 is 2.54 bits per heavy atom. The second-order valence-electron chi connectivity index (χ2n) is 9.59. The maximum Gasteiger partial charge on any atom is 0.341 e. The van der Waals surface area contributed by atoms with Crippen LogP contribution in [0.3, 0.4) is 0 Å². The summed E-state index contributed by atoms with van der Waals surface area (Å²) >= 11 is 7.63. The van der Waals surface area contributed by atoms with Crippen molar-refractivity contribution >= 4 is 40.7 Å². The first-order valence-corrected chi connectivity index (χ1v) is 14.6. The van der Waals surface area contributed by atoms with Crippen molar-refractivity contribution in [3.8, 4) is 0 Å². The smallest absolute Gasteiger partial charge is 0.341 e. The van der Waals surface area contributed by atoms with E-state index in [0.717, 1.165) is 18.9 Å². The number of esters is 2. The zero-order valence-corrected chi connectivity index (χ0v) is 24.0. The highest BCUT2D eigenvalue weighted by atomic mass is 35.5. The Bertz CT molecular complexity index is 1500. The molecule has 1 saturated carbocycles. The van der Waals surface area contributed by atoms with Crippen LogP contribution < -0.4 is 5.32 Å². The zero-order valence-electron chi connectivity index (χ0n) is 22.4. The zero-order chi connectivity index (χ0) is 29.1. The van der Waals surface area contributed by atoms with Crippen molar-refractivity contribution < 1.29 is 27.8 Å². The number of nitrogens with one attached hydrogen (secondary N) is 1. The third kappa shape index (κ3) is 5.89. The SMILES string of the molecule is CCOC(=O)C1=C([C@H]2CC[C@H](n3cc(C(=O)OCC)cn3)CC2)NC(c2nccs2)=NC1c1ccc(F)c(F)c1Cl. The minimum absolute atomic E-state index is 0.0493. The van der Waals surface area contributed by atoms with Gasteiger partial charge in [0.1, 0.15) is 6.04 Å². The van der Waals surface area contributed by atoms with E-state index in [2.05, 4.69) is 15.4 Å². The summed E-state index contributed by atoms with van der Waals surface area (Å²) in [6, 6.07) is 1.32. The predicted molar refractivity (Wildman–Crippen MR) is 149 cm³/mol. The second-order valence-corrected chi connectivity index (χ2v) is 10.9. The van der Waals surface area contributed by atoms with E-state index in [-0.39, 0.29) is 36.3 Å². The van der Waals surface area contributed by atoms with Gasteiger partial charge in [-0.3, -0.25) is 9.67 Å². The Kier molecular flexibility index (Phi) is 8.79. The molecule has 9 nitrogen and oxygen atoms in total. The van der Waals surface area contributed by atoms with Crippen LogP contribution >= 0.6 is 22.9 Å². The highest BCUT2D eigenvalue weighted by molar-refractivity contribution is 7.11. The molecule has 0 amide bonds. The monoisotopic (exact) mass is 603 g/mol. The number of allylic oxidation sites excluding steroid dienone is 1. The summed E-state index contributed by atoms with van der Waals surface area (Å²) in [4.78, 5) is 34.6. The van der Waals surface area contributed by atoms with Gasteiger partial charge in [0.15, 0.2) is 22.5 Å². The lowest BCUT2D eigenvalue weighted by atomic mass is 9.80. The summed E-state index contributed by atoms with van der Waals surface area (Å²) in [5.41, 5.74) is 1.34. The van der Waals surface area contributed by atoms with Gasteiger partial charge in [0.2, 0.25) is 0 Å². The lowest BCUT2D eigenvalue weighted by molar-refractivity contribution is -0.139. The van der Waals surface area contributed by atoms with Gasteiger partial charge in [0, 0.05) is 29.0 Å². The van der Waals surface area contributed by atoms with E-state index in [0.29, 0.717) is 34.9 Å². The molecule has 5 rings (SSSR count). The molecule has 2 aliphatic rings. The average molecular weight is 604 g/mol. The van der Waals surface area contributed by atoms with E-state index >= 15 is 0 Å². The molecule has 3 aromatic rings. The number of aromatic nitrogens is 3. The number of rotatable bonds is 8. The molecule has 1 aliphatic carbocycles. The first kappa shape index (κ1) is 28.9. The lowest BCUT2D eigenvalue weighted by Gasteiger charge is -2.35. The van der Waals surface area contributed by atoms with Gasteiger partial charge in [-0.05, 0) is 51.5 Å². The number of aliphatic imine (C=N–C) groups is 1. The fourth-order valence-corrected chi connectivity index (χ4v) is 6.08. The van der Waals surface area contributed by atoms with E-state index in [9.17, 15) is 18.4 Å². The third-order valence-electron chi connectivity index (χ3n) is 7.16. The summed E-state index contributed by atoms with van der Waals surface area (Å²) < 4.78 is 40.8. The molecule has 1 atom stereocenters. The van der Waals surface area contributed by atoms with Gasteiger partial charge in [0.05, 0.1) is 41.6 Å². The Labute approximate surface area is 244 Å². The van der Waals surface area contributed by atoms with Crippen molar-refractivity contribution in [3.05, 3.63) is 80.2 Å². The number of nitrogens with zero attached hydrogens (tertiary/aromatic N) is 4. The highest BCUT2D eigenvalue weighted by Gasteiger charge is 2.38. The molecule has 41 heavy (non-hydrogen) atoms. The molecule has 0 saturated heterocycles. The van der Waals surface area contributed by atoms with Crippen LogP contribution in [0.5, 0.6) is 0 Å². The summed E-state index contributed by atoms with van der Waals surface area (Å²) in [5.74, 6) is -3.04. The second kappa shape index (κ2) is 12.5. The summed E-state index contributed by atoms with van der Waals surface area (Å²) in [6.07, 6.45) is 7.61. The number of amidine groups is 1. The van der Waals surface area contributed by atoms with E-state index < -0.39 is 34.6 Å². The topological polar surface area (TPSA) is 108 Å². The minimum atomic E-state index is -1.21. The fourth-order valence-electron chi connectivity index (χ4n) is 5.23. The van der Waals surface area contributed by atoms with Crippen molar-refractivity contribution in [1.82, 2.24) is 20.1 Å². The summed E-state index contributed by atoms with van der Waals surface area (Å²) in [6.45, 7) is 3.84. The molecule has 2 aromatic heterocycles. The molecular weight excluding hydrogens is 576 g/mol. The maximum absolute atomic E-state index is 14.6. The molecule has 0 radical (unpaired) electrons. The molecule has 1 aromatic carbocycles. The number of benzene rings is 1. The molecule has 216 valence electrons. The van der Waals surface area contributed by atoms with E-state index in [1.54, 1.807) is 36.3 Å². The van der Waals surface area contributed by atoms with Gasteiger partial charge >= 0.3 is 11.9 Å². The number of hydrogen-bond donors (Lipinski definition) is 1. The number of halogens is 3. The van der Waals surface area contributed by atoms with Crippen LogP contribution in [0.4, 0.5) is 8.78 Å². The van der Waals surface area contributed by atoms with Crippen LogP contribution in [0.1, 0.15) is 72.5 Å². The van der Waals surface area contributed by atoms with E-state index in [1.807, 2.05) is 0 Å². The number of ether oxygens (including phenoxy) is 2. The Morgan fingerprint density at radius 2 is 1.85 bits per heavy atom. The quantitative estimate of drug-likeness (QED) is 0.257. The van der Waals surface area contributed by atoms with Crippen LogP contribution in [-0.4, -0.2) is 45.8 Å². The molecule has 1 aliphatic heterocycles. The average Bonchev–Trinajstić information content (AvgIpc) is 3.69. The van der Waals surface area contributed by atoms with Crippen LogP contribution in [0.25, 0.3) is 0 Å². The van der Waals surface area contributed by atoms with Crippen LogP contribution in [-0.2, 0) is 14.3 Å². The summed E-state index contributed by atoms with van der Waals surface area (Å²) in [5, 5.41) is 9.63. The van der Waals surface area contributed by atoms with Crippen molar-refractivity contribution in [2.45, 2.75) is 51.6 Å². The van der Waals surface area contributed by atoms with Gasteiger partial charge in [-0.1, -0.05) is 17.7 Å². The molecule has 0 spiro atoms. The van der Waals surface area contributed by atoms with Crippen molar-refractivity contribution in [2.24, 2.45) is 10.9 Å². The van der Waals surface area contributed by atoms with Crippen LogP contribution in [0.15, 0.2) is 52.4 Å². The van der Waals surface area contributed by atoms with Crippen molar-refractivity contribution in [3.63, 3.8) is 0 Å². The van der Waals surface area contributed by atoms with Crippen molar-refractivity contribution in [1.29, 1.82) is 0 Å². The standard InChI is InChI=1S/C28H28ClF2N5O4S/c1-3-39-27(37)16-13-33-36(14-16)17-7-5-15(6-8-17)23-20(28(38)40-4-2)24(18-9-10-19(30)22(31)21(18)29)35-25(34-23)26-32-11-12-41-26/h9-15,17,24H,3-8H2,1-2H3,(H,34,35)/t15-,17-,24?. The fraction of sp³-hybridized carbons (Fsp3) is 0.393. The first-order valence-electron chi connectivity index (χ1n) is 13.3. The normalized spacial score (nSPS) is 20.8. The van der Waals surface area contributed by atoms with Gasteiger partial charge < -0.3 is 14.8 Å². The van der Waals surface area contributed by atoms with Crippen molar-refractivity contribution in [2.75, 3.05) is 13.2 Å². The maximum atomic E-state index is 14.6. The van der Waals surface area contributed by atoms with Gasteiger partial charge in [-0.2, -0.15) is 5.10 Å². The predicted octanol–water partition coefficient (Wildman–Crippen LogP) is 5.79. The van der Waals surface area contributed by atoms with Gasteiger partial charge in [0.25, 0.3) is 0 Å². The highest BCUT2D eigenvalue weighted by Crippen LogP contribution is 2.43.